The lowest BCUT2D eigenvalue weighted by Crippen LogP contribution is -2.47. The number of nitrogens with zero attached hydrogens (tertiary/aromatic N) is 2. The predicted octanol–water partition coefficient (Wildman–Crippen LogP) is 1.55. The van der Waals surface area contributed by atoms with E-state index in [9.17, 15) is 0 Å². The van der Waals surface area contributed by atoms with Crippen LogP contribution in [-0.2, 0) is 9.47 Å². The zero-order chi connectivity index (χ0) is 13.0. The van der Waals surface area contributed by atoms with E-state index < -0.39 is 0 Å². The van der Waals surface area contributed by atoms with Gasteiger partial charge in [-0.2, -0.15) is 0 Å². The first-order chi connectivity index (χ1) is 8.74. The third-order valence-electron chi connectivity index (χ3n) is 4.56. The van der Waals surface area contributed by atoms with Crippen molar-refractivity contribution >= 4 is 0 Å². The van der Waals surface area contributed by atoms with Crippen LogP contribution in [-0.4, -0.2) is 68.6 Å². The summed E-state index contributed by atoms with van der Waals surface area (Å²) in [6, 6.07) is 1.61. The third-order valence-corrected chi connectivity index (χ3v) is 4.56. The van der Waals surface area contributed by atoms with E-state index in [-0.39, 0.29) is 6.29 Å². The van der Waals surface area contributed by atoms with E-state index in [4.69, 9.17) is 9.47 Å². The highest BCUT2D eigenvalue weighted by molar-refractivity contribution is 4.86. The minimum absolute atomic E-state index is 0.0766. The first-order valence-corrected chi connectivity index (χ1v) is 7.28. The Morgan fingerprint density at radius 1 is 1.06 bits per heavy atom. The summed E-state index contributed by atoms with van der Waals surface area (Å²) in [5, 5.41) is 0. The average molecular weight is 256 g/mol. The molecule has 0 unspecified atom stereocenters. The normalized spacial score (nSPS) is 28.3. The predicted molar refractivity (Wildman–Crippen MR) is 72.7 cm³/mol. The summed E-state index contributed by atoms with van der Waals surface area (Å²) in [5.41, 5.74) is 0. The van der Waals surface area contributed by atoms with Crippen molar-refractivity contribution in [3.05, 3.63) is 0 Å². The summed E-state index contributed by atoms with van der Waals surface area (Å²) in [6.45, 7) is 6.94. The molecule has 2 aliphatic rings. The second-order valence-electron chi connectivity index (χ2n) is 5.66. The van der Waals surface area contributed by atoms with Crippen molar-refractivity contribution in [3.63, 3.8) is 0 Å². The van der Waals surface area contributed by atoms with Gasteiger partial charge >= 0.3 is 0 Å². The van der Waals surface area contributed by atoms with Crippen molar-refractivity contribution in [2.75, 3.05) is 40.4 Å². The van der Waals surface area contributed by atoms with Gasteiger partial charge in [0.2, 0.25) is 0 Å². The molecule has 0 spiro atoms. The molecule has 0 aromatic heterocycles. The molecule has 2 saturated heterocycles. The van der Waals surface area contributed by atoms with Gasteiger partial charge in [0.15, 0.2) is 6.29 Å². The highest BCUT2D eigenvalue weighted by Gasteiger charge is 2.30. The van der Waals surface area contributed by atoms with E-state index in [0.717, 1.165) is 18.6 Å². The van der Waals surface area contributed by atoms with Crippen molar-refractivity contribution in [1.29, 1.82) is 0 Å². The Bertz CT molecular complexity index is 238. The summed E-state index contributed by atoms with van der Waals surface area (Å²) in [7, 11) is 3.43. The van der Waals surface area contributed by atoms with E-state index in [2.05, 4.69) is 16.7 Å². The van der Waals surface area contributed by atoms with Gasteiger partial charge in [0.1, 0.15) is 0 Å². The van der Waals surface area contributed by atoms with Crippen LogP contribution in [0.3, 0.4) is 0 Å². The zero-order valence-electron chi connectivity index (χ0n) is 12.1. The van der Waals surface area contributed by atoms with Crippen LogP contribution in [0.15, 0.2) is 0 Å². The maximum atomic E-state index is 5.27. The second kappa shape index (κ2) is 6.85. The highest BCUT2D eigenvalue weighted by Crippen LogP contribution is 2.25. The molecule has 1 atom stereocenters. The minimum atomic E-state index is -0.0766. The molecule has 0 aliphatic carbocycles. The molecule has 4 heteroatoms. The smallest absolute Gasteiger partial charge is 0.169 e. The summed E-state index contributed by atoms with van der Waals surface area (Å²) in [4.78, 5) is 5.19. The number of methoxy groups -OCH3 is 2. The summed E-state index contributed by atoms with van der Waals surface area (Å²) < 4.78 is 10.5. The van der Waals surface area contributed by atoms with Crippen LogP contribution in [0.5, 0.6) is 0 Å². The van der Waals surface area contributed by atoms with Crippen LogP contribution < -0.4 is 0 Å². The Kier molecular flexibility index (Phi) is 5.42. The Hall–Kier alpha value is -0.160. The van der Waals surface area contributed by atoms with Gasteiger partial charge in [-0.05, 0) is 52.2 Å². The molecular weight excluding hydrogens is 228 g/mol. The van der Waals surface area contributed by atoms with Crippen LogP contribution >= 0.6 is 0 Å². The Morgan fingerprint density at radius 3 is 2.22 bits per heavy atom. The first kappa shape index (κ1) is 14.3. The molecule has 2 heterocycles. The average Bonchev–Trinajstić information content (AvgIpc) is 2.83. The standard InChI is InChI=1S/C14H28N2O2/c1-12-5-4-8-16(12)13-6-9-15(10-7-13)11-14(17-2)18-3/h12-14H,4-11H2,1-3H3/t12-/m0/s1. The van der Waals surface area contributed by atoms with Gasteiger partial charge in [0.25, 0.3) is 0 Å². The number of rotatable bonds is 5. The van der Waals surface area contributed by atoms with Crippen molar-refractivity contribution in [3.8, 4) is 0 Å². The number of hydrogen-bond acceptors (Lipinski definition) is 4. The lowest BCUT2D eigenvalue weighted by Gasteiger charge is -2.39. The van der Waals surface area contributed by atoms with E-state index in [1.165, 1.54) is 45.3 Å². The van der Waals surface area contributed by atoms with Gasteiger partial charge in [0.05, 0.1) is 0 Å². The fraction of sp³-hybridized carbons (Fsp3) is 1.00. The second-order valence-corrected chi connectivity index (χ2v) is 5.66. The number of hydrogen-bond donors (Lipinski definition) is 0. The van der Waals surface area contributed by atoms with Gasteiger partial charge in [-0.1, -0.05) is 0 Å². The maximum absolute atomic E-state index is 5.27. The molecule has 0 saturated carbocycles. The molecule has 0 aromatic rings. The van der Waals surface area contributed by atoms with E-state index in [1.807, 2.05) is 0 Å². The molecule has 2 rings (SSSR count). The molecule has 0 bridgehead atoms. The van der Waals surface area contributed by atoms with Gasteiger partial charge in [-0.3, -0.25) is 9.80 Å². The SMILES string of the molecule is COC(CN1CCC(N2CCC[C@@H]2C)CC1)OC. The molecule has 18 heavy (non-hydrogen) atoms. The van der Waals surface area contributed by atoms with Crippen molar-refractivity contribution in [1.82, 2.24) is 9.80 Å². The minimum Gasteiger partial charge on any atom is -0.355 e. The van der Waals surface area contributed by atoms with Crippen LogP contribution in [0.4, 0.5) is 0 Å². The highest BCUT2D eigenvalue weighted by atomic mass is 16.7. The Labute approximate surface area is 111 Å². The summed E-state index contributed by atoms with van der Waals surface area (Å²) in [5.74, 6) is 0. The number of ether oxygens (including phenoxy) is 2. The Morgan fingerprint density at radius 2 is 1.72 bits per heavy atom. The molecule has 4 nitrogen and oxygen atoms in total. The van der Waals surface area contributed by atoms with Crippen LogP contribution in [0.25, 0.3) is 0 Å². The maximum Gasteiger partial charge on any atom is 0.169 e. The fourth-order valence-corrected chi connectivity index (χ4v) is 3.39. The van der Waals surface area contributed by atoms with Crippen molar-refractivity contribution in [2.24, 2.45) is 0 Å². The lowest BCUT2D eigenvalue weighted by molar-refractivity contribution is -0.119. The fourth-order valence-electron chi connectivity index (χ4n) is 3.39. The monoisotopic (exact) mass is 256 g/mol. The van der Waals surface area contributed by atoms with Crippen LogP contribution in [0, 0.1) is 0 Å². The number of likely N-dealkylation sites (tertiary alicyclic amines) is 2. The van der Waals surface area contributed by atoms with Gasteiger partial charge in [-0.25, -0.2) is 0 Å². The zero-order valence-corrected chi connectivity index (χ0v) is 12.1. The molecular formula is C14H28N2O2. The third kappa shape index (κ3) is 3.44. The summed E-state index contributed by atoms with van der Waals surface area (Å²) in [6.07, 6.45) is 5.29. The van der Waals surface area contributed by atoms with Gasteiger partial charge in [0, 0.05) is 32.8 Å². The van der Waals surface area contributed by atoms with Crippen LogP contribution in [0.2, 0.25) is 0 Å². The molecule has 0 aromatic carbocycles. The van der Waals surface area contributed by atoms with Crippen molar-refractivity contribution < 1.29 is 9.47 Å². The Balaban J connectivity index is 1.74. The quantitative estimate of drug-likeness (QED) is 0.697. The molecule has 2 fully saturated rings. The largest absolute Gasteiger partial charge is 0.355 e. The molecule has 0 amide bonds. The first-order valence-electron chi connectivity index (χ1n) is 7.28. The van der Waals surface area contributed by atoms with Gasteiger partial charge < -0.3 is 9.47 Å². The van der Waals surface area contributed by atoms with Crippen molar-refractivity contribution in [2.45, 2.75) is 51.0 Å². The topological polar surface area (TPSA) is 24.9 Å². The summed E-state index contributed by atoms with van der Waals surface area (Å²) >= 11 is 0. The molecule has 0 N–H and O–H groups in total. The van der Waals surface area contributed by atoms with Gasteiger partial charge in [-0.15, -0.1) is 0 Å². The van der Waals surface area contributed by atoms with E-state index >= 15 is 0 Å². The molecule has 2 aliphatic heterocycles. The van der Waals surface area contributed by atoms with Crippen LogP contribution in [0.1, 0.15) is 32.6 Å². The number of piperidine rings is 1. The molecule has 106 valence electrons. The van der Waals surface area contributed by atoms with E-state index in [0.29, 0.717) is 0 Å². The lowest BCUT2D eigenvalue weighted by atomic mass is 10.0. The molecule has 0 radical (unpaired) electrons. The van der Waals surface area contributed by atoms with E-state index in [1.54, 1.807) is 14.2 Å².